The number of hydrogen-bond acceptors (Lipinski definition) is 4. The maximum Gasteiger partial charge on any atom is 0.227 e. The molecule has 0 bridgehead atoms. The molecule has 0 aromatic carbocycles. The summed E-state index contributed by atoms with van der Waals surface area (Å²) in [7, 11) is 1.83. The van der Waals surface area contributed by atoms with Crippen molar-refractivity contribution >= 4 is 24.2 Å². The van der Waals surface area contributed by atoms with Crippen LogP contribution >= 0.6 is 12.4 Å². The molecule has 3 N–H and O–H groups in total. The van der Waals surface area contributed by atoms with E-state index in [9.17, 15) is 9.59 Å². The standard InChI is InChI=1S/C18H29N5O2.ClH/c1-12(24)23-9-13(7-8-14(19)10-23)18(25)22(2)11-17-15-5-3-4-6-16(15)20-21-17;/h13-14H,3-11,19H2,1-2H3,(H,20,21);1H/t13-,14+;/m1./s1. The van der Waals surface area contributed by atoms with Gasteiger partial charge < -0.3 is 15.5 Å². The third-order valence-corrected chi connectivity index (χ3v) is 5.48. The number of likely N-dealkylation sites (tertiary alicyclic amines) is 1. The second kappa shape index (κ2) is 8.86. The lowest BCUT2D eigenvalue weighted by Gasteiger charge is -2.26. The highest BCUT2D eigenvalue weighted by Crippen LogP contribution is 2.24. The number of amides is 2. The van der Waals surface area contributed by atoms with E-state index < -0.39 is 0 Å². The number of fused-ring (bicyclic) bond motifs is 1. The molecule has 1 aromatic rings. The number of aromatic amines is 1. The Labute approximate surface area is 161 Å². The Bertz CT molecular complexity index is 648. The number of nitrogens with zero attached hydrogens (tertiary/aromatic N) is 3. The van der Waals surface area contributed by atoms with Gasteiger partial charge in [-0.15, -0.1) is 12.4 Å². The van der Waals surface area contributed by atoms with Crippen molar-refractivity contribution in [1.29, 1.82) is 0 Å². The van der Waals surface area contributed by atoms with Crippen molar-refractivity contribution in [3.05, 3.63) is 17.0 Å². The SMILES string of the molecule is CC(=O)N1C[C@@H](N)CC[C@@H](C(=O)N(C)Cc2n[nH]c3c2CCCC3)C1.Cl. The van der Waals surface area contributed by atoms with E-state index in [0.29, 0.717) is 19.6 Å². The molecule has 1 aliphatic heterocycles. The van der Waals surface area contributed by atoms with Crippen LogP contribution in [0, 0.1) is 5.92 Å². The van der Waals surface area contributed by atoms with Crippen LogP contribution in [-0.2, 0) is 29.0 Å². The third kappa shape index (κ3) is 4.57. The number of H-pyrrole nitrogens is 1. The van der Waals surface area contributed by atoms with Crippen LogP contribution in [0.1, 0.15) is 49.6 Å². The van der Waals surface area contributed by atoms with E-state index in [2.05, 4.69) is 10.2 Å². The summed E-state index contributed by atoms with van der Waals surface area (Å²) in [5, 5.41) is 7.57. The van der Waals surface area contributed by atoms with Crippen LogP contribution in [0.15, 0.2) is 0 Å². The maximum absolute atomic E-state index is 12.9. The molecule has 2 atom stereocenters. The van der Waals surface area contributed by atoms with E-state index in [1.54, 1.807) is 16.7 Å². The van der Waals surface area contributed by atoms with Gasteiger partial charge in [-0.25, -0.2) is 0 Å². The van der Waals surface area contributed by atoms with Gasteiger partial charge in [0, 0.05) is 38.8 Å². The first-order chi connectivity index (χ1) is 12.0. The van der Waals surface area contributed by atoms with Gasteiger partial charge in [-0.1, -0.05) is 0 Å². The van der Waals surface area contributed by atoms with Gasteiger partial charge in [-0.2, -0.15) is 5.10 Å². The van der Waals surface area contributed by atoms with Crippen LogP contribution in [0.2, 0.25) is 0 Å². The van der Waals surface area contributed by atoms with E-state index in [1.165, 1.54) is 24.1 Å². The van der Waals surface area contributed by atoms with E-state index in [1.807, 2.05) is 7.05 Å². The molecular formula is C18H30ClN5O2. The lowest BCUT2D eigenvalue weighted by Crippen LogP contribution is -2.42. The summed E-state index contributed by atoms with van der Waals surface area (Å²) in [6, 6.07) is -0.0506. The number of carbonyl (C=O) groups is 2. The summed E-state index contributed by atoms with van der Waals surface area (Å²) in [6.45, 7) is 3.06. The molecule has 2 aliphatic rings. The van der Waals surface area contributed by atoms with Crippen molar-refractivity contribution in [2.75, 3.05) is 20.1 Å². The summed E-state index contributed by atoms with van der Waals surface area (Å²) in [5.74, 6) is -0.121. The lowest BCUT2D eigenvalue weighted by atomic mass is 9.95. The van der Waals surface area contributed by atoms with Crippen molar-refractivity contribution < 1.29 is 9.59 Å². The molecule has 1 aliphatic carbocycles. The van der Waals surface area contributed by atoms with E-state index >= 15 is 0 Å². The third-order valence-electron chi connectivity index (χ3n) is 5.48. The predicted molar refractivity (Wildman–Crippen MR) is 102 cm³/mol. The van der Waals surface area contributed by atoms with Crippen LogP contribution in [0.3, 0.4) is 0 Å². The Balaban J connectivity index is 0.00000243. The predicted octanol–water partition coefficient (Wildman–Crippen LogP) is 1.25. The number of halogens is 1. The van der Waals surface area contributed by atoms with Gasteiger partial charge in [0.25, 0.3) is 0 Å². The highest BCUT2D eigenvalue weighted by Gasteiger charge is 2.30. The molecule has 1 fully saturated rings. The van der Waals surface area contributed by atoms with E-state index in [-0.39, 0.29) is 36.2 Å². The highest BCUT2D eigenvalue weighted by atomic mass is 35.5. The van der Waals surface area contributed by atoms with Gasteiger partial charge in [0.2, 0.25) is 11.8 Å². The van der Waals surface area contributed by atoms with Gasteiger partial charge in [0.05, 0.1) is 18.2 Å². The first-order valence-corrected chi connectivity index (χ1v) is 9.26. The summed E-state index contributed by atoms with van der Waals surface area (Å²) in [6.07, 6.45) is 5.98. The van der Waals surface area contributed by atoms with Crippen molar-refractivity contribution in [1.82, 2.24) is 20.0 Å². The Morgan fingerprint density at radius 2 is 2.00 bits per heavy atom. The molecule has 0 spiro atoms. The Kier molecular flexibility index (Phi) is 7.06. The second-order valence-corrected chi connectivity index (χ2v) is 7.49. The number of nitrogens with one attached hydrogen (secondary N) is 1. The summed E-state index contributed by atoms with van der Waals surface area (Å²) in [4.78, 5) is 28.2. The zero-order valence-corrected chi connectivity index (χ0v) is 16.5. The van der Waals surface area contributed by atoms with Crippen LogP contribution in [0.4, 0.5) is 0 Å². The highest BCUT2D eigenvalue weighted by molar-refractivity contribution is 5.85. The minimum Gasteiger partial charge on any atom is -0.341 e. The van der Waals surface area contributed by atoms with Crippen molar-refractivity contribution in [3.63, 3.8) is 0 Å². The molecular weight excluding hydrogens is 354 g/mol. The molecule has 146 valence electrons. The summed E-state index contributed by atoms with van der Waals surface area (Å²) >= 11 is 0. The maximum atomic E-state index is 12.9. The van der Waals surface area contributed by atoms with Crippen LogP contribution in [-0.4, -0.2) is 58.0 Å². The second-order valence-electron chi connectivity index (χ2n) is 7.49. The van der Waals surface area contributed by atoms with Gasteiger partial charge in [0.15, 0.2) is 0 Å². The normalized spacial score (nSPS) is 22.8. The molecule has 3 rings (SSSR count). The molecule has 1 saturated heterocycles. The molecule has 2 amide bonds. The van der Waals surface area contributed by atoms with Crippen LogP contribution in [0.25, 0.3) is 0 Å². The molecule has 7 nitrogen and oxygen atoms in total. The molecule has 1 aromatic heterocycles. The summed E-state index contributed by atoms with van der Waals surface area (Å²) in [5.41, 5.74) is 9.56. The molecule has 0 saturated carbocycles. The largest absolute Gasteiger partial charge is 0.341 e. The number of aromatic nitrogens is 2. The smallest absolute Gasteiger partial charge is 0.227 e. The van der Waals surface area contributed by atoms with E-state index in [0.717, 1.165) is 31.4 Å². The van der Waals surface area contributed by atoms with Crippen molar-refractivity contribution in [3.8, 4) is 0 Å². The molecule has 26 heavy (non-hydrogen) atoms. The fraction of sp³-hybridized carbons (Fsp3) is 0.722. The van der Waals surface area contributed by atoms with Crippen LogP contribution in [0.5, 0.6) is 0 Å². The average Bonchev–Trinajstić information content (AvgIpc) is 2.88. The number of rotatable bonds is 3. The Morgan fingerprint density at radius 3 is 2.73 bits per heavy atom. The quantitative estimate of drug-likeness (QED) is 0.821. The van der Waals surface area contributed by atoms with Gasteiger partial charge >= 0.3 is 0 Å². The van der Waals surface area contributed by atoms with Crippen LogP contribution < -0.4 is 5.73 Å². The Morgan fingerprint density at radius 1 is 1.27 bits per heavy atom. The Hall–Kier alpha value is -1.60. The van der Waals surface area contributed by atoms with Crippen molar-refractivity contribution in [2.24, 2.45) is 11.7 Å². The lowest BCUT2D eigenvalue weighted by molar-refractivity contribution is -0.137. The van der Waals surface area contributed by atoms with Gasteiger partial charge in [-0.3, -0.25) is 14.7 Å². The number of carbonyl (C=O) groups excluding carboxylic acids is 2. The molecule has 0 radical (unpaired) electrons. The minimum absolute atomic E-state index is 0. The van der Waals surface area contributed by atoms with Crippen molar-refractivity contribution in [2.45, 2.75) is 58.0 Å². The first kappa shape index (κ1) is 20.7. The van der Waals surface area contributed by atoms with Gasteiger partial charge in [0.1, 0.15) is 0 Å². The molecule has 0 unspecified atom stereocenters. The monoisotopic (exact) mass is 383 g/mol. The zero-order valence-electron chi connectivity index (χ0n) is 15.7. The number of nitrogens with two attached hydrogens (primary N) is 1. The topological polar surface area (TPSA) is 95.3 Å². The number of aryl methyl sites for hydroxylation is 1. The minimum atomic E-state index is -0.183. The van der Waals surface area contributed by atoms with Gasteiger partial charge in [-0.05, 0) is 44.1 Å². The zero-order chi connectivity index (χ0) is 18.0. The molecule has 2 heterocycles. The number of hydrogen-bond donors (Lipinski definition) is 2. The van der Waals surface area contributed by atoms with E-state index in [4.69, 9.17) is 5.73 Å². The fourth-order valence-corrected chi connectivity index (χ4v) is 3.97. The molecule has 8 heteroatoms. The fourth-order valence-electron chi connectivity index (χ4n) is 3.97. The average molecular weight is 384 g/mol. The summed E-state index contributed by atoms with van der Waals surface area (Å²) < 4.78 is 0. The first-order valence-electron chi connectivity index (χ1n) is 9.26.